The number of hydrogen-bond donors (Lipinski definition) is 0. The highest BCUT2D eigenvalue weighted by Gasteiger charge is 2.27. The number of anilines is 3. The number of rotatable bonds is 5. The summed E-state index contributed by atoms with van der Waals surface area (Å²) < 4.78 is 2.40. The number of hydrogen-bond acceptors (Lipinski definition) is 2. The summed E-state index contributed by atoms with van der Waals surface area (Å²) in [6.07, 6.45) is 2.82. The maximum atomic E-state index is 5.18. The van der Waals surface area contributed by atoms with Crippen molar-refractivity contribution in [3.05, 3.63) is 199 Å². The molecule has 53 heavy (non-hydrogen) atoms. The molecule has 2 heterocycles. The predicted octanol–water partition coefficient (Wildman–Crippen LogP) is 13.2. The first-order valence-corrected chi connectivity index (χ1v) is 18.3. The average Bonchev–Trinajstić information content (AvgIpc) is 3.78. The van der Waals surface area contributed by atoms with Gasteiger partial charge in [0.1, 0.15) is 5.82 Å². The summed E-state index contributed by atoms with van der Waals surface area (Å²) >= 11 is 0. The van der Waals surface area contributed by atoms with Crippen LogP contribution in [0, 0.1) is 0 Å². The molecule has 0 N–H and O–H groups in total. The molecule has 1 aliphatic rings. The van der Waals surface area contributed by atoms with Gasteiger partial charge in [0.05, 0.1) is 16.7 Å². The Morgan fingerprint density at radius 1 is 0.472 bits per heavy atom. The summed E-state index contributed by atoms with van der Waals surface area (Å²) in [6.45, 7) is 0. The van der Waals surface area contributed by atoms with Gasteiger partial charge in [-0.15, -0.1) is 0 Å². The van der Waals surface area contributed by atoms with Gasteiger partial charge in [-0.3, -0.25) is 4.90 Å². The minimum absolute atomic E-state index is 0.845. The van der Waals surface area contributed by atoms with E-state index in [1.807, 2.05) is 6.20 Å². The molecule has 3 heteroatoms. The van der Waals surface area contributed by atoms with Crippen LogP contribution in [-0.2, 0) is 6.42 Å². The van der Waals surface area contributed by atoms with Gasteiger partial charge in [-0.05, 0) is 98.6 Å². The largest absolute Gasteiger partial charge is 0.309 e. The Hall–Kier alpha value is -6.97. The fraction of sp³-hybridized carbons (Fsp3) is 0.0200. The van der Waals surface area contributed by atoms with Crippen LogP contribution in [0.25, 0.3) is 71.3 Å². The average molecular weight is 676 g/mol. The molecule has 2 aromatic heterocycles. The Bertz CT molecular complexity index is 2990. The van der Waals surface area contributed by atoms with Crippen LogP contribution in [0.15, 0.2) is 188 Å². The molecule has 3 nitrogen and oxygen atoms in total. The molecule has 10 aromatic rings. The van der Waals surface area contributed by atoms with Gasteiger partial charge in [-0.25, -0.2) is 4.98 Å². The van der Waals surface area contributed by atoms with E-state index in [9.17, 15) is 0 Å². The normalized spacial score (nSPS) is 12.1. The molecule has 0 aliphatic heterocycles. The van der Waals surface area contributed by atoms with Crippen molar-refractivity contribution < 1.29 is 0 Å². The summed E-state index contributed by atoms with van der Waals surface area (Å²) in [5.41, 5.74) is 13.2. The molecule has 1 aliphatic carbocycles. The molecule has 0 atom stereocenters. The van der Waals surface area contributed by atoms with E-state index < -0.39 is 0 Å². The standard InChI is InChI=1S/C50H33N3/c1-2-11-36-30-37(21-20-33(36)10-1)34-22-25-39(26-23-34)53(50-46-31-38-12-3-4-14-41(38)42(46)28-29-51-50)49-19-9-13-35-24-27-40(32-45(35)49)52-47-17-7-5-15-43(47)44-16-6-8-18-48(44)52/h1-30,32H,31H2. The first-order valence-electron chi connectivity index (χ1n) is 18.3. The van der Waals surface area contributed by atoms with E-state index in [0.29, 0.717) is 0 Å². The Labute approximate surface area is 307 Å². The Morgan fingerprint density at radius 3 is 1.98 bits per heavy atom. The third kappa shape index (κ3) is 4.71. The van der Waals surface area contributed by atoms with Gasteiger partial charge < -0.3 is 4.57 Å². The lowest BCUT2D eigenvalue weighted by Gasteiger charge is -2.28. The summed E-state index contributed by atoms with van der Waals surface area (Å²) in [4.78, 5) is 7.56. The monoisotopic (exact) mass is 675 g/mol. The van der Waals surface area contributed by atoms with Crippen molar-refractivity contribution in [2.45, 2.75) is 6.42 Å². The summed E-state index contributed by atoms with van der Waals surface area (Å²) in [5, 5.41) is 7.36. The maximum absolute atomic E-state index is 5.18. The molecule has 0 saturated carbocycles. The summed E-state index contributed by atoms with van der Waals surface area (Å²) in [7, 11) is 0. The second-order valence-electron chi connectivity index (χ2n) is 14.0. The van der Waals surface area contributed by atoms with Gasteiger partial charge in [-0.1, -0.05) is 127 Å². The first-order chi connectivity index (χ1) is 26.3. The highest BCUT2D eigenvalue weighted by molar-refractivity contribution is 6.10. The molecular weight excluding hydrogens is 643 g/mol. The molecule has 8 aromatic carbocycles. The van der Waals surface area contributed by atoms with E-state index in [1.54, 1.807) is 0 Å². The SMILES string of the molecule is c1ccc2c(c1)Cc1c-2ccnc1N(c1ccc(-c2ccc3ccccc3c2)cc1)c1cccc2ccc(-n3c4ccccc4c4ccccc43)cc12. The number of benzene rings is 8. The van der Waals surface area contributed by atoms with E-state index in [0.717, 1.165) is 29.3 Å². The number of pyridine rings is 1. The minimum Gasteiger partial charge on any atom is -0.309 e. The van der Waals surface area contributed by atoms with Gasteiger partial charge in [0, 0.05) is 45.7 Å². The van der Waals surface area contributed by atoms with Gasteiger partial charge in [0.25, 0.3) is 0 Å². The summed E-state index contributed by atoms with van der Waals surface area (Å²) in [6, 6.07) is 66.2. The van der Waals surface area contributed by atoms with Crippen LogP contribution in [0.1, 0.15) is 11.1 Å². The van der Waals surface area contributed by atoms with E-state index in [2.05, 4.69) is 191 Å². The second-order valence-corrected chi connectivity index (χ2v) is 14.0. The fourth-order valence-corrected chi connectivity index (χ4v) is 8.55. The van der Waals surface area contributed by atoms with Crippen LogP contribution < -0.4 is 4.90 Å². The number of para-hydroxylation sites is 2. The van der Waals surface area contributed by atoms with Crippen molar-refractivity contribution >= 4 is 60.5 Å². The number of aromatic nitrogens is 2. The lowest BCUT2D eigenvalue weighted by molar-refractivity contribution is 1.13. The summed E-state index contributed by atoms with van der Waals surface area (Å²) in [5.74, 6) is 0.965. The topological polar surface area (TPSA) is 21.1 Å². The quantitative estimate of drug-likeness (QED) is 0.181. The molecule has 0 radical (unpaired) electrons. The molecule has 0 bridgehead atoms. The third-order valence-electron chi connectivity index (χ3n) is 11.0. The van der Waals surface area contributed by atoms with Crippen molar-refractivity contribution in [2.24, 2.45) is 0 Å². The van der Waals surface area contributed by atoms with E-state index >= 15 is 0 Å². The van der Waals surface area contributed by atoms with Crippen LogP contribution in [0.2, 0.25) is 0 Å². The lowest BCUT2D eigenvalue weighted by Crippen LogP contribution is -2.14. The molecule has 0 fully saturated rings. The predicted molar refractivity (Wildman–Crippen MR) is 222 cm³/mol. The van der Waals surface area contributed by atoms with Crippen molar-refractivity contribution in [1.82, 2.24) is 9.55 Å². The zero-order chi connectivity index (χ0) is 34.9. The van der Waals surface area contributed by atoms with Crippen LogP contribution in [0.5, 0.6) is 0 Å². The van der Waals surface area contributed by atoms with Gasteiger partial charge in [0.2, 0.25) is 0 Å². The Kier molecular flexibility index (Phi) is 6.62. The van der Waals surface area contributed by atoms with Crippen LogP contribution >= 0.6 is 0 Å². The zero-order valence-corrected chi connectivity index (χ0v) is 28.9. The molecular formula is C50H33N3. The van der Waals surface area contributed by atoms with E-state index in [4.69, 9.17) is 4.98 Å². The highest BCUT2D eigenvalue weighted by Crippen LogP contribution is 2.46. The lowest BCUT2D eigenvalue weighted by atomic mass is 10.0. The zero-order valence-electron chi connectivity index (χ0n) is 28.9. The van der Waals surface area contributed by atoms with Crippen molar-refractivity contribution in [2.75, 3.05) is 4.90 Å². The van der Waals surface area contributed by atoms with Crippen LogP contribution in [0.4, 0.5) is 17.2 Å². The molecule has 0 spiro atoms. The van der Waals surface area contributed by atoms with Crippen molar-refractivity contribution in [3.63, 3.8) is 0 Å². The van der Waals surface area contributed by atoms with Crippen LogP contribution in [0.3, 0.4) is 0 Å². The van der Waals surface area contributed by atoms with Gasteiger partial charge in [-0.2, -0.15) is 0 Å². The fourth-order valence-electron chi connectivity index (χ4n) is 8.55. The highest BCUT2D eigenvalue weighted by atomic mass is 15.2. The van der Waals surface area contributed by atoms with Gasteiger partial charge >= 0.3 is 0 Å². The minimum atomic E-state index is 0.845. The van der Waals surface area contributed by atoms with Crippen molar-refractivity contribution in [3.8, 4) is 27.9 Å². The Balaban J connectivity index is 1.12. The number of fused-ring (bicyclic) bond motifs is 8. The molecule has 248 valence electrons. The van der Waals surface area contributed by atoms with E-state index in [1.165, 1.54) is 76.7 Å². The van der Waals surface area contributed by atoms with E-state index in [-0.39, 0.29) is 0 Å². The molecule has 11 rings (SSSR count). The smallest absolute Gasteiger partial charge is 0.141 e. The molecule has 0 unspecified atom stereocenters. The third-order valence-corrected chi connectivity index (χ3v) is 11.0. The number of nitrogens with zero attached hydrogens (tertiary/aromatic N) is 3. The molecule has 0 amide bonds. The maximum Gasteiger partial charge on any atom is 0.141 e. The second kappa shape index (κ2) is 11.8. The van der Waals surface area contributed by atoms with Crippen molar-refractivity contribution in [1.29, 1.82) is 0 Å². The first kappa shape index (κ1) is 29.7. The Morgan fingerprint density at radius 2 is 1.15 bits per heavy atom. The van der Waals surface area contributed by atoms with Crippen LogP contribution in [-0.4, -0.2) is 9.55 Å². The van der Waals surface area contributed by atoms with Gasteiger partial charge in [0.15, 0.2) is 0 Å². The molecule has 0 saturated heterocycles.